The van der Waals surface area contributed by atoms with E-state index in [0.29, 0.717) is 0 Å². The average Bonchev–Trinajstić information content (AvgIpc) is 2.67. The zero-order valence-corrected chi connectivity index (χ0v) is 12.3. The highest BCUT2D eigenvalue weighted by Crippen LogP contribution is 2.47. The van der Waals surface area contributed by atoms with Gasteiger partial charge in [0.2, 0.25) is 0 Å². The maximum atomic E-state index is 2.41. The molecule has 1 aliphatic rings. The van der Waals surface area contributed by atoms with Crippen LogP contribution in [0.15, 0.2) is 0 Å². The molecule has 1 rings (SSSR count). The topological polar surface area (TPSA) is 0 Å². The molecule has 2 unspecified atom stereocenters. The van der Waals surface area contributed by atoms with Gasteiger partial charge in [-0.3, -0.25) is 0 Å². The fourth-order valence-electron chi connectivity index (χ4n) is 2.75. The third-order valence-electron chi connectivity index (χ3n) is 3.48. The van der Waals surface area contributed by atoms with Crippen LogP contribution in [0.25, 0.3) is 0 Å². The number of hydrogen-bond donors (Lipinski definition) is 0. The van der Waals surface area contributed by atoms with Crippen molar-refractivity contribution >= 4 is 0 Å². The minimum absolute atomic E-state index is 0.758. The van der Waals surface area contributed by atoms with Crippen LogP contribution in [-0.2, 0) is 0 Å². The Balaban J connectivity index is 0. The van der Waals surface area contributed by atoms with E-state index >= 15 is 0 Å². The van der Waals surface area contributed by atoms with Crippen molar-refractivity contribution in [3.8, 4) is 0 Å². The molecular formula is C15H34. The van der Waals surface area contributed by atoms with Crippen LogP contribution in [0, 0.1) is 11.3 Å². The molecule has 0 heteroatoms. The molecule has 0 aromatic rings. The highest BCUT2D eigenvalue weighted by molar-refractivity contribution is 4.86. The van der Waals surface area contributed by atoms with E-state index in [2.05, 4.69) is 20.8 Å². The summed E-state index contributed by atoms with van der Waals surface area (Å²) < 4.78 is 0. The molecule has 0 N–H and O–H groups in total. The number of hydrogen-bond acceptors (Lipinski definition) is 0. The molecule has 0 aliphatic heterocycles. The second-order valence-electron chi connectivity index (χ2n) is 4.45. The minimum atomic E-state index is 0.758. The lowest BCUT2D eigenvalue weighted by Crippen LogP contribution is -2.14. The van der Waals surface area contributed by atoms with Gasteiger partial charge in [-0.25, -0.2) is 0 Å². The zero-order chi connectivity index (χ0) is 12.3. The lowest BCUT2D eigenvalue weighted by Gasteiger charge is -2.27. The molecule has 0 heterocycles. The fourth-order valence-corrected chi connectivity index (χ4v) is 2.75. The summed E-state index contributed by atoms with van der Waals surface area (Å²) in [4.78, 5) is 0. The van der Waals surface area contributed by atoms with Crippen molar-refractivity contribution in [3.05, 3.63) is 0 Å². The summed E-state index contributed by atoms with van der Waals surface area (Å²) in [5.41, 5.74) is 0.758. The second-order valence-corrected chi connectivity index (χ2v) is 4.45. The molecule has 0 radical (unpaired) electrons. The molecule has 0 saturated heterocycles. The normalized spacial score (nSPS) is 28.6. The van der Waals surface area contributed by atoms with E-state index in [1.165, 1.54) is 38.5 Å². The van der Waals surface area contributed by atoms with Crippen molar-refractivity contribution in [2.45, 2.75) is 87.0 Å². The first kappa shape index (κ1) is 17.4. The average molecular weight is 214 g/mol. The van der Waals surface area contributed by atoms with Crippen LogP contribution in [0.3, 0.4) is 0 Å². The van der Waals surface area contributed by atoms with Crippen molar-refractivity contribution in [1.29, 1.82) is 0 Å². The molecule has 2 atom stereocenters. The summed E-state index contributed by atoms with van der Waals surface area (Å²) in [5, 5.41) is 0. The van der Waals surface area contributed by atoms with Crippen molar-refractivity contribution in [1.82, 2.24) is 0 Å². The molecule has 0 nitrogen and oxygen atoms in total. The lowest BCUT2D eigenvalue weighted by atomic mass is 9.79. The summed E-state index contributed by atoms with van der Waals surface area (Å²) in [6.45, 7) is 15.1. The quantitative estimate of drug-likeness (QED) is 0.536. The maximum Gasteiger partial charge on any atom is -0.0298 e. The van der Waals surface area contributed by atoms with Crippen LogP contribution in [-0.4, -0.2) is 0 Å². The summed E-state index contributed by atoms with van der Waals surface area (Å²) in [6.07, 6.45) is 8.73. The first-order valence-electron chi connectivity index (χ1n) is 7.22. The SMILES string of the molecule is CC.CC.CCCC1(CC)CCC(C)C1. The van der Waals surface area contributed by atoms with Crippen LogP contribution >= 0.6 is 0 Å². The Bertz CT molecular complexity index is 113. The number of rotatable bonds is 3. The monoisotopic (exact) mass is 214 g/mol. The Morgan fingerprint density at radius 1 is 1.07 bits per heavy atom. The van der Waals surface area contributed by atoms with Gasteiger partial charge in [0, 0.05) is 0 Å². The van der Waals surface area contributed by atoms with Crippen LogP contribution in [0.2, 0.25) is 0 Å². The molecule has 15 heavy (non-hydrogen) atoms. The Hall–Kier alpha value is 0. The smallest absolute Gasteiger partial charge is 0.0298 e. The Morgan fingerprint density at radius 3 is 1.87 bits per heavy atom. The van der Waals surface area contributed by atoms with Crippen LogP contribution in [0.5, 0.6) is 0 Å². The van der Waals surface area contributed by atoms with Gasteiger partial charge in [0.1, 0.15) is 0 Å². The summed E-state index contributed by atoms with van der Waals surface area (Å²) in [5.74, 6) is 1.00. The standard InChI is InChI=1S/C11H22.2C2H6/c1-4-7-11(5-2)8-6-10(3)9-11;2*1-2/h10H,4-9H2,1-3H3;2*1-2H3. The third-order valence-corrected chi connectivity index (χ3v) is 3.48. The van der Waals surface area contributed by atoms with Gasteiger partial charge in [-0.1, -0.05) is 67.7 Å². The van der Waals surface area contributed by atoms with Gasteiger partial charge in [-0.15, -0.1) is 0 Å². The summed E-state index contributed by atoms with van der Waals surface area (Å²) in [6, 6.07) is 0. The fraction of sp³-hybridized carbons (Fsp3) is 1.00. The molecule has 1 aliphatic carbocycles. The van der Waals surface area contributed by atoms with Gasteiger partial charge in [0.15, 0.2) is 0 Å². The zero-order valence-electron chi connectivity index (χ0n) is 12.3. The molecule has 0 spiro atoms. The van der Waals surface area contributed by atoms with E-state index in [1.54, 1.807) is 0 Å². The van der Waals surface area contributed by atoms with E-state index in [0.717, 1.165) is 11.3 Å². The van der Waals surface area contributed by atoms with Crippen LogP contribution < -0.4 is 0 Å². The van der Waals surface area contributed by atoms with Crippen LogP contribution in [0.1, 0.15) is 87.0 Å². The molecule has 0 bridgehead atoms. The van der Waals surface area contributed by atoms with Crippen molar-refractivity contribution in [2.75, 3.05) is 0 Å². The first-order chi connectivity index (χ1) is 7.22. The molecule has 1 saturated carbocycles. The van der Waals surface area contributed by atoms with Gasteiger partial charge < -0.3 is 0 Å². The highest BCUT2D eigenvalue weighted by Gasteiger charge is 2.34. The minimum Gasteiger partial charge on any atom is -0.0683 e. The predicted octanol–water partition coefficient (Wildman–Crippen LogP) is 6.06. The third kappa shape index (κ3) is 6.22. The molecule has 0 aromatic heterocycles. The molecule has 94 valence electrons. The molecule has 0 aromatic carbocycles. The highest BCUT2D eigenvalue weighted by atomic mass is 14.4. The van der Waals surface area contributed by atoms with E-state index < -0.39 is 0 Å². The predicted molar refractivity (Wildman–Crippen MR) is 73.3 cm³/mol. The molecule has 0 amide bonds. The Morgan fingerprint density at radius 2 is 1.60 bits per heavy atom. The van der Waals surface area contributed by atoms with E-state index in [4.69, 9.17) is 0 Å². The van der Waals surface area contributed by atoms with Gasteiger partial charge in [0.05, 0.1) is 0 Å². The summed E-state index contributed by atoms with van der Waals surface area (Å²) in [7, 11) is 0. The van der Waals surface area contributed by atoms with E-state index in [9.17, 15) is 0 Å². The first-order valence-corrected chi connectivity index (χ1v) is 7.22. The van der Waals surface area contributed by atoms with Crippen molar-refractivity contribution in [3.63, 3.8) is 0 Å². The Kier molecular flexibility index (Phi) is 12.2. The second kappa shape index (κ2) is 10.5. The van der Waals surface area contributed by atoms with Crippen molar-refractivity contribution < 1.29 is 0 Å². The van der Waals surface area contributed by atoms with Gasteiger partial charge in [0.25, 0.3) is 0 Å². The molecule has 1 fully saturated rings. The van der Waals surface area contributed by atoms with Crippen molar-refractivity contribution in [2.24, 2.45) is 11.3 Å². The van der Waals surface area contributed by atoms with Gasteiger partial charge in [-0.2, -0.15) is 0 Å². The summed E-state index contributed by atoms with van der Waals surface area (Å²) >= 11 is 0. The Labute approximate surface area is 98.9 Å². The maximum absolute atomic E-state index is 2.41. The van der Waals surface area contributed by atoms with Gasteiger partial charge in [-0.05, 0) is 30.6 Å². The van der Waals surface area contributed by atoms with E-state index in [1.807, 2.05) is 27.7 Å². The lowest BCUT2D eigenvalue weighted by molar-refractivity contribution is 0.248. The largest absolute Gasteiger partial charge is 0.0683 e. The van der Waals surface area contributed by atoms with Crippen LogP contribution in [0.4, 0.5) is 0 Å². The van der Waals surface area contributed by atoms with E-state index in [-0.39, 0.29) is 0 Å². The van der Waals surface area contributed by atoms with Gasteiger partial charge >= 0.3 is 0 Å². The molecular weight excluding hydrogens is 180 g/mol.